The number of aromatic nitrogens is 2. The summed E-state index contributed by atoms with van der Waals surface area (Å²) in [4.78, 5) is 19.5. The molecule has 0 spiro atoms. The van der Waals surface area contributed by atoms with E-state index in [1.807, 2.05) is 0 Å². The van der Waals surface area contributed by atoms with Crippen molar-refractivity contribution in [1.29, 1.82) is 5.26 Å². The zero-order chi connectivity index (χ0) is 13.7. The van der Waals surface area contributed by atoms with Gasteiger partial charge in [-0.2, -0.15) is 5.26 Å². The highest BCUT2D eigenvalue weighted by Crippen LogP contribution is 2.11. The highest BCUT2D eigenvalue weighted by molar-refractivity contribution is 6.29. The first kappa shape index (κ1) is 13.0. The van der Waals surface area contributed by atoms with E-state index in [1.54, 1.807) is 24.3 Å². The Morgan fingerprint density at radius 3 is 2.58 bits per heavy atom. The molecule has 0 atom stereocenters. The summed E-state index contributed by atoms with van der Waals surface area (Å²) in [5.74, 6) is -0.364. The van der Waals surface area contributed by atoms with E-state index in [9.17, 15) is 4.79 Å². The number of carbonyl (C=O) groups excluding carboxylic acids is 1. The lowest BCUT2D eigenvalue weighted by molar-refractivity contribution is 0.102. The molecule has 5 nitrogen and oxygen atoms in total. The maximum Gasteiger partial charge on any atom is 0.275 e. The molecule has 19 heavy (non-hydrogen) atoms. The van der Waals surface area contributed by atoms with Gasteiger partial charge in [0.05, 0.1) is 24.9 Å². The van der Waals surface area contributed by atoms with Crippen LogP contribution in [0.4, 0.5) is 5.69 Å². The average molecular weight is 273 g/mol. The molecule has 2 aromatic rings. The monoisotopic (exact) mass is 272 g/mol. The largest absolute Gasteiger partial charge is 0.321 e. The Morgan fingerprint density at radius 2 is 2.00 bits per heavy atom. The van der Waals surface area contributed by atoms with Gasteiger partial charge in [0.1, 0.15) is 10.8 Å². The molecule has 0 saturated heterocycles. The fourth-order valence-corrected chi connectivity index (χ4v) is 1.52. The highest BCUT2D eigenvalue weighted by atomic mass is 35.5. The van der Waals surface area contributed by atoms with Gasteiger partial charge < -0.3 is 5.32 Å². The smallest absolute Gasteiger partial charge is 0.275 e. The van der Waals surface area contributed by atoms with Gasteiger partial charge in [0, 0.05) is 5.69 Å². The molecule has 94 valence electrons. The van der Waals surface area contributed by atoms with E-state index < -0.39 is 0 Å². The zero-order valence-corrected chi connectivity index (χ0v) is 10.6. The predicted octanol–water partition coefficient (Wildman–Crippen LogP) is 2.45. The molecule has 0 aliphatic carbocycles. The van der Waals surface area contributed by atoms with Gasteiger partial charge in [-0.15, -0.1) is 0 Å². The van der Waals surface area contributed by atoms with Crippen molar-refractivity contribution in [1.82, 2.24) is 9.97 Å². The molecule has 0 saturated carbocycles. The van der Waals surface area contributed by atoms with Crippen molar-refractivity contribution in [3.63, 3.8) is 0 Å². The maximum absolute atomic E-state index is 11.8. The second kappa shape index (κ2) is 5.94. The Balaban J connectivity index is 2.06. The molecule has 1 aromatic heterocycles. The Bertz CT molecular complexity index is 617. The topological polar surface area (TPSA) is 78.7 Å². The number of nitriles is 1. The second-order valence-electron chi connectivity index (χ2n) is 3.71. The number of hydrogen-bond acceptors (Lipinski definition) is 4. The van der Waals surface area contributed by atoms with E-state index in [0.29, 0.717) is 12.1 Å². The lowest BCUT2D eigenvalue weighted by atomic mass is 10.1. The van der Waals surface area contributed by atoms with Gasteiger partial charge in [-0.25, -0.2) is 9.97 Å². The zero-order valence-electron chi connectivity index (χ0n) is 9.80. The molecule has 2 rings (SSSR count). The molecular formula is C13H9ClN4O. The Morgan fingerprint density at radius 1 is 1.26 bits per heavy atom. The summed E-state index contributed by atoms with van der Waals surface area (Å²) < 4.78 is 0. The normalized spacial score (nSPS) is 9.68. The second-order valence-corrected chi connectivity index (χ2v) is 4.10. The van der Waals surface area contributed by atoms with E-state index in [-0.39, 0.29) is 16.8 Å². The van der Waals surface area contributed by atoms with Gasteiger partial charge in [0.2, 0.25) is 0 Å². The first-order valence-electron chi connectivity index (χ1n) is 5.44. The van der Waals surface area contributed by atoms with Crippen molar-refractivity contribution in [2.45, 2.75) is 6.42 Å². The van der Waals surface area contributed by atoms with Crippen molar-refractivity contribution >= 4 is 23.2 Å². The van der Waals surface area contributed by atoms with Gasteiger partial charge in [-0.3, -0.25) is 4.79 Å². The van der Waals surface area contributed by atoms with Crippen LogP contribution in [0, 0.1) is 11.3 Å². The van der Waals surface area contributed by atoms with Crippen LogP contribution in [0.1, 0.15) is 16.1 Å². The summed E-state index contributed by atoms with van der Waals surface area (Å²) in [6.07, 6.45) is 2.96. The third-order valence-corrected chi connectivity index (χ3v) is 2.54. The minimum atomic E-state index is -0.364. The molecule has 1 amide bonds. The molecule has 0 fully saturated rings. The number of rotatable bonds is 3. The van der Waals surface area contributed by atoms with Crippen LogP contribution in [-0.4, -0.2) is 15.9 Å². The summed E-state index contributed by atoms with van der Waals surface area (Å²) >= 11 is 5.59. The third kappa shape index (κ3) is 3.50. The first-order chi connectivity index (χ1) is 9.19. The summed E-state index contributed by atoms with van der Waals surface area (Å²) in [6, 6.07) is 9.09. The van der Waals surface area contributed by atoms with Gasteiger partial charge in [-0.05, 0) is 17.7 Å². The summed E-state index contributed by atoms with van der Waals surface area (Å²) in [5.41, 5.74) is 1.71. The van der Waals surface area contributed by atoms with Crippen molar-refractivity contribution in [2.24, 2.45) is 0 Å². The molecule has 0 aliphatic heterocycles. The third-order valence-electron chi connectivity index (χ3n) is 2.35. The minimum absolute atomic E-state index is 0.186. The average Bonchev–Trinajstić information content (AvgIpc) is 2.42. The number of nitrogens with zero attached hydrogens (tertiary/aromatic N) is 3. The molecule has 0 unspecified atom stereocenters. The van der Waals surface area contributed by atoms with Crippen LogP contribution < -0.4 is 5.32 Å². The minimum Gasteiger partial charge on any atom is -0.321 e. The fraction of sp³-hybridized carbons (Fsp3) is 0.0769. The van der Waals surface area contributed by atoms with Crippen LogP contribution in [-0.2, 0) is 6.42 Å². The molecule has 0 bridgehead atoms. The van der Waals surface area contributed by atoms with Gasteiger partial charge >= 0.3 is 0 Å². The number of halogens is 1. The van der Waals surface area contributed by atoms with Crippen LogP contribution in [0.25, 0.3) is 0 Å². The molecule has 6 heteroatoms. The van der Waals surface area contributed by atoms with Crippen molar-refractivity contribution < 1.29 is 4.79 Å². The molecule has 0 aliphatic rings. The lowest BCUT2D eigenvalue weighted by Gasteiger charge is -2.04. The number of benzene rings is 1. The maximum atomic E-state index is 11.8. The van der Waals surface area contributed by atoms with Crippen LogP contribution in [0.5, 0.6) is 0 Å². The van der Waals surface area contributed by atoms with Crippen molar-refractivity contribution in [3.05, 3.63) is 53.1 Å². The Hall–Kier alpha value is -2.45. The molecule has 1 aromatic carbocycles. The lowest BCUT2D eigenvalue weighted by Crippen LogP contribution is -2.13. The van der Waals surface area contributed by atoms with Crippen molar-refractivity contribution in [3.8, 4) is 6.07 Å². The Kier molecular flexibility index (Phi) is 4.06. The first-order valence-corrected chi connectivity index (χ1v) is 5.81. The standard InChI is InChI=1S/C13H9ClN4O/c14-12-8-16-11(7-17-12)13(19)18-10-3-1-9(2-4-10)5-6-15/h1-4,7-8H,5H2,(H,18,19). The fourth-order valence-electron chi connectivity index (χ4n) is 1.42. The van der Waals surface area contributed by atoms with Crippen LogP contribution in [0.15, 0.2) is 36.7 Å². The van der Waals surface area contributed by atoms with Gasteiger partial charge in [0.15, 0.2) is 0 Å². The number of hydrogen-bond donors (Lipinski definition) is 1. The van der Waals surface area contributed by atoms with Crippen molar-refractivity contribution in [2.75, 3.05) is 5.32 Å². The molecule has 0 radical (unpaired) electrons. The molecular weight excluding hydrogens is 264 g/mol. The summed E-state index contributed by atoms with van der Waals surface area (Å²) in [5, 5.41) is 11.5. The van der Waals surface area contributed by atoms with E-state index >= 15 is 0 Å². The SMILES string of the molecule is N#CCc1ccc(NC(=O)c2cnc(Cl)cn2)cc1. The molecule has 1 heterocycles. The van der Waals surface area contributed by atoms with E-state index in [2.05, 4.69) is 21.4 Å². The summed E-state index contributed by atoms with van der Waals surface area (Å²) in [6.45, 7) is 0. The number of amides is 1. The Labute approximate surface area is 114 Å². The van der Waals surface area contributed by atoms with E-state index in [0.717, 1.165) is 5.56 Å². The van der Waals surface area contributed by atoms with E-state index in [1.165, 1.54) is 12.4 Å². The van der Waals surface area contributed by atoms with Gasteiger partial charge in [-0.1, -0.05) is 23.7 Å². The van der Waals surface area contributed by atoms with Crippen LogP contribution in [0.2, 0.25) is 5.15 Å². The van der Waals surface area contributed by atoms with Gasteiger partial charge in [0.25, 0.3) is 5.91 Å². The van der Waals surface area contributed by atoms with Crippen LogP contribution in [0.3, 0.4) is 0 Å². The number of anilines is 1. The number of carbonyl (C=O) groups is 1. The molecule has 1 N–H and O–H groups in total. The number of nitrogens with one attached hydrogen (secondary N) is 1. The summed E-state index contributed by atoms with van der Waals surface area (Å²) in [7, 11) is 0. The highest BCUT2D eigenvalue weighted by Gasteiger charge is 2.08. The van der Waals surface area contributed by atoms with E-state index in [4.69, 9.17) is 16.9 Å². The quantitative estimate of drug-likeness (QED) is 0.931. The predicted molar refractivity (Wildman–Crippen MR) is 70.8 cm³/mol. The van der Waals surface area contributed by atoms with Crippen LogP contribution >= 0.6 is 11.6 Å².